The summed E-state index contributed by atoms with van der Waals surface area (Å²) in [7, 11) is 0. The van der Waals surface area contributed by atoms with E-state index in [-0.39, 0.29) is 11.9 Å². The number of rotatable bonds is 7. The summed E-state index contributed by atoms with van der Waals surface area (Å²) in [4.78, 5) is 15.7. The van der Waals surface area contributed by atoms with Gasteiger partial charge in [-0.15, -0.1) is 0 Å². The van der Waals surface area contributed by atoms with Gasteiger partial charge in [-0.1, -0.05) is 67.9 Å². The van der Waals surface area contributed by atoms with Crippen LogP contribution in [0.25, 0.3) is 10.8 Å². The summed E-state index contributed by atoms with van der Waals surface area (Å²) in [5.74, 6) is 0.406. The fraction of sp³-hybridized carbons (Fsp3) is 0.250. The number of benzene rings is 3. The van der Waals surface area contributed by atoms with E-state index in [4.69, 9.17) is 11.6 Å². The van der Waals surface area contributed by atoms with Crippen LogP contribution in [0.3, 0.4) is 0 Å². The highest BCUT2D eigenvalue weighted by Crippen LogP contribution is 2.22. The van der Waals surface area contributed by atoms with Crippen molar-refractivity contribution in [1.29, 1.82) is 0 Å². The zero-order valence-electron chi connectivity index (χ0n) is 18.8. The monoisotopic (exact) mass is 444 g/mol. The molecule has 0 aliphatic rings. The highest BCUT2D eigenvalue weighted by Gasteiger charge is 2.25. The summed E-state index contributed by atoms with van der Waals surface area (Å²) in [5, 5.41) is 2.96. The Morgan fingerprint density at radius 2 is 1.69 bits per heavy atom. The van der Waals surface area contributed by atoms with Gasteiger partial charge < -0.3 is 9.47 Å². The first-order chi connectivity index (χ1) is 15.4. The first-order valence-corrected chi connectivity index (χ1v) is 11.5. The van der Waals surface area contributed by atoms with Crippen LogP contribution in [0.5, 0.6) is 0 Å². The van der Waals surface area contributed by atoms with Gasteiger partial charge in [-0.05, 0) is 65.6 Å². The lowest BCUT2D eigenvalue weighted by atomic mass is 10.0. The molecule has 4 aromatic rings. The molecule has 0 saturated carbocycles. The summed E-state index contributed by atoms with van der Waals surface area (Å²) >= 11 is 6.17. The Balaban J connectivity index is 1.63. The van der Waals surface area contributed by atoms with Gasteiger partial charge >= 0.3 is 0 Å². The molecule has 0 N–H and O–H groups in total. The Morgan fingerprint density at radius 1 is 0.906 bits per heavy atom. The van der Waals surface area contributed by atoms with Gasteiger partial charge in [0, 0.05) is 35.1 Å². The van der Waals surface area contributed by atoms with Gasteiger partial charge in [0.2, 0.25) is 0 Å². The van der Waals surface area contributed by atoms with Crippen molar-refractivity contribution in [2.24, 2.45) is 5.92 Å². The summed E-state index contributed by atoms with van der Waals surface area (Å²) in [5.41, 5.74) is 2.97. The van der Waals surface area contributed by atoms with Crippen LogP contribution in [-0.4, -0.2) is 21.4 Å². The van der Waals surface area contributed by atoms with Gasteiger partial charge in [0.25, 0.3) is 5.91 Å². The Morgan fingerprint density at radius 3 is 2.44 bits per heavy atom. The van der Waals surface area contributed by atoms with Crippen molar-refractivity contribution in [3.8, 4) is 0 Å². The molecule has 1 atom stereocenters. The van der Waals surface area contributed by atoms with Crippen molar-refractivity contribution in [3.63, 3.8) is 0 Å². The van der Waals surface area contributed by atoms with Crippen LogP contribution in [0.15, 0.2) is 85.1 Å². The molecule has 1 aromatic heterocycles. The minimum absolute atomic E-state index is 0.0625. The number of halogens is 1. The number of carbonyl (C=O) groups is 1. The molecule has 3 aromatic carbocycles. The summed E-state index contributed by atoms with van der Waals surface area (Å²) in [6, 6.07) is 26.3. The highest BCUT2D eigenvalue weighted by molar-refractivity contribution is 6.30. The third-order valence-corrected chi connectivity index (χ3v) is 6.45. The van der Waals surface area contributed by atoms with E-state index in [2.05, 4.69) is 55.8 Å². The number of fused-ring (bicyclic) bond motifs is 1. The summed E-state index contributed by atoms with van der Waals surface area (Å²) < 4.78 is 2.19. The number of hydrogen-bond acceptors (Lipinski definition) is 1. The molecule has 4 rings (SSSR count). The number of amides is 1. The SMILES string of the molecule is CC(C)C(C)N(Cc1cccn1Cc1cccc(Cl)c1)C(=O)c1ccc2ccccc2c1. The van der Waals surface area contributed by atoms with Crippen molar-refractivity contribution in [2.45, 2.75) is 39.9 Å². The predicted molar refractivity (Wildman–Crippen MR) is 133 cm³/mol. The molecule has 1 heterocycles. The molecule has 0 radical (unpaired) electrons. The maximum atomic E-state index is 13.7. The fourth-order valence-corrected chi connectivity index (χ4v) is 4.22. The van der Waals surface area contributed by atoms with Gasteiger partial charge in [-0.2, -0.15) is 0 Å². The number of aromatic nitrogens is 1. The highest BCUT2D eigenvalue weighted by atomic mass is 35.5. The van der Waals surface area contributed by atoms with Crippen molar-refractivity contribution in [1.82, 2.24) is 9.47 Å². The summed E-state index contributed by atoms with van der Waals surface area (Å²) in [6.07, 6.45) is 2.06. The van der Waals surface area contributed by atoms with Gasteiger partial charge in [0.1, 0.15) is 0 Å². The molecule has 0 fully saturated rings. The number of nitrogens with zero attached hydrogens (tertiary/aromatic N) is 2. The molecular weight excluding hydrogens is 416 g/mol. The van der Waals surface area contributed by atoms with Gasteiger partial charge in [0.15, 0.2) is 0 Å². The van der Waals surface area contributed by atoms with Crippen LogP contribution in [0.2, 0.25) is 5.02 Å². The average Bonchev–Trinajstić information content (AvgIpc) is 3.22. The smallest absolute Gasteiger partial charge is 0.254 e. The molecule has 3 nitrogen and oxygen atoms in total. The molecule has 1 amide bonds. The zero-order chi connectivity index (χ0) is 22.7. The fourth-order valence-electron chi connectivity index (χ4n) is 4.00. The normalized spacial score (nSPS) is 12.3. The quantitative estimate of drug-likeness (QED) is 0.300. The lowest BCUT2D eigenvalue weighted by molar-refractivity contribution is 0.0623. The maximum Gasteiger partial charge on any atom is 0.254 e. The van der Waals surface area contributed by atoms with Gasteiger partial charge in [-0.25, -0.2) is 0 Å². The third kappa shape index (κ3) is 4.89. The molecule has 32 heavy (non-hydrogen) atoms. The molecule has 4 heteroatoms. The maximum absolute atomic E-state index is 13.7. The van der Waals surface area contributed by atoms with E-state index >= 15 is 0 Å². The number of carbonyl (C=O) groups excluding carboxylic acids is 1. The second kappa shape index (κ2) is 9.62. The lowest BCUT2D eigenvalue weighted by Crippen LogP contribution is -2.41. The van der Waals surface area contributed by atoms with Crippen LogP contribution >= 0.6 is 11.6 Å². The van der Waals surface area contributed by atoms with Crippen molar-refractivity contribution in [2.75, 3.05) is 0 Å². The molecule has 0 bridgehead atoms. The van der Waals surface area contributed by atoms with Crippen LogP contribution in [0.4, 0.5) is 0 Å². The van der Waals surface area contributed by atoms with Crippen molar-refractivity contribution >= 4 is 28.3 Å². The molecule has 164 valence electrons. The zero-order valence-corrected chi connectivity index (χ0v) is 19.6. The van der Waals surface area contributed by atoms with E-state index in [0.29, 0.717) is 12.5 Å². The molecule has 0 aliphatic heterocycles. The van der Waals surface area contributed by atoms with Gasteiger partial charge in [0.05, 0.1) is 6.54 Å². The second-order valence-electron chi connectivity index (χ2n) is 8.74. The Labute approximate surface area is 195 Å². The van der Waals surface area contributed by atoms with Crippen LogP contribution < -0.4 is 0 Å². The number of hydrogen-bond donors (Lipinski definition) is 0. The van der Waals surface area contributed by atoms with Crippen LogP contribution in [0.1, 0.15) is 42.4 Å². The molecule has 1 unspecified atom stereocenters. The largest absolute Gasteiger partial charge is 0.345 e. The van der Waals surface area contributed by atoms with Crippen molar-refractivity contribution in [3.05, 3.63) is 107 Å². The van der Waals surface area contributed by atoms with E-state index in [1.165, 1.54) is 0 Å². The van der Waals surface area contributed by atoms with Crippen LogP contribution in [0, 0.1) is 5.92 Å². The Kier molecular flexibility index (Phi) is 6.66. The van der Waals surface area contributed by atoms with E-state index in [0.717, 1.165) is 39.2 Å². The van der Waals surface area contributed by atoms with Crippen LogP contribution in [-0.2, 0) is 13.1 Å². The molecular formula is C28H29ClN2O. The second-order valence-corrected chi connectivity index (χ2v) is 9.17. The lowest BCUT2D eigenvalue weighted by Gasteiger charge is -2.32. The molecule has 0 aliphatic carbocycles. The Bertz CT molecular complexity index is 1230. The topological polar surface area (TPSA) is 25.2 Å². The van der Waals surface area contributed by atoms with E-state index in [1.807, 2.05) is 59.5 Å². The minimum Gasteiger partial charge on any atom is -0.345 e. The minimum atomic E-state index is 0.0625. The predicted octanol–water partition coefficient (Wildman–Crippen LogP) is 7.03. The summed E-state index contributed by atoms with van der Waals surface area (Å²) in [6.45, 7) is 7.73. The first-order valence-electron chi connectivity index (χ1n) is 11.1. The first kappa shape index (κ1) is 22.2. The third-order valence-electron chi connectivity index (χ3n) is 6.21. The molecule has 0 saturated heterocycles. The van der Waals surface area contributed by atoms with Crippen molar-refractivity contribution < 1.29 is 4.79 Å². The van der Waals surface area contributed by atoms with E-state index in [9.17, 15) is 4.79 Å². The standard InChI is InChI=1S/C28H29ClN2O/c1-20(2)21(3)31(28(32)25-14-13-23-9-4-5-10-24(23)17-25)19-27-12-7-15-30(27)18-22-8-6-11-26(29)16-22/h4-17,20-21H,18-19H2,1-3H3. The molecule has 0 spiro atoms. The average molecular weight is 445 g/mol. The van der Waals surface area contributed by atoms with E-state index < -0.39 is 0 Å². The Hall–Kier alpha value is -3.04. The van der Waals surface area contributed by atoms with Gasteiger partial charge in [-0.3, -0.25) is 4.79 Å². The van der Waals surface area contributed by atoms with E-state index in [1.54, 1.807) is 0 Å².